The van der Waals surface area contributed by atoms with E-state index in [9.17, 15) is 5.11 Å². The van der Waals surface area contributed by atoms with Crippen molar-refractivity contribution in [3.63, 3.8) is 0 Å². The third-order valence-electron chi connectivity index (χ3n) is 4.26. The van der Waals surface area contributed by atoms with Crippen LogP contribution < -0.4 is 0 Å². The minimum Gasteiger partial charge on any atom is -0.493 e. The molecule has 4 nitrogen and oxygen atoms in total. The van der Waals surface area contributed by atoms with Crippen molar-refractivity contribution in [2.75, 3.05) is 0 Å². The molecule has 134 valence electrons. The van der Waals surface area contributed by atoms with Crippen LogP contribution in [0.4, 0.5) is 11.4 Å². The van der Waals surface area contributed by atoms with Crippen LogP contribution in [0.5, 0.6) is 5.88 Å². The molecule has 1 heterocycles. The average Bonchev–Trinajstić information content (AvgIpc) is 2.95. The third kappa shape index (κ3) is 3.54. The highest BCUT2D eigenvalue weighted by molar-refractivity contribution is 6.42. The summed E-state index contributed by atoms with van der Waals surface area (Å²) in [5.41, 5.74) is 2.95. The molecule has 6 heteroatoms. The van der Waals surface area contributed by atoms with Crippen LogP contribution in [0.1, 0.15) is 5.56 Å². The molecular formula is C21H15Cl2N3O. The van der Waals surface area contributed by atoms with Gasteiger partial charge < -0.3 is 9.67 Å². The number of benzene rings is 3. The SMILES string of the molecule is Oc1c(N=Nc2ccccc2)c2ccccc2n1Cc1ccc(Cl)c(Cl)c1. The molecule has 0 fully saturated rings. The second kappa shape index (κ2) is 7.43. The molecular weight excluding hydrogens is 381 g/mol. The zero-order valence-corrected chi connectivity index (χ0v) is 15.7. The maximum absolute atomic E-state index is 10.8. The van der Waals surface area contributed by atoms with Crippen molar-refractivity contribution in [2.45, 2.75) is 6.54 Å². The van der Waals surface area contributed by atoms with Gasteiger partial charge in [-0.2, -0.15) is 5.11 Å². The molecule has 1 aromatic heterocycles. The van der Waals surface area contributed by atoms with Crippen LogP contribution in [-0.2, 0) is 6.54 Å². The Hall–Kier alpha value is -2.82. The molecule has 0 unspecified atom stereocenters. The van der Waals surface area contributed by atoms with Gasteiger partial charge in [-0.05, 0) is 35.9 Å². The summed E-state index contributed by atoms with van der Waals surface area (Å²) in [6, 6.07) is 22.5. The largest absolute Gasteiger partial charge is 0.493 e. The van der Waals surface area contributed by atoms with Crippen LogP contribution in [0.2, 0.25) is 10.0 Å². The highest BCUT2D eigenvalue weighted by Gasteiger charge is 2.17. The molecule has 0 amide bonds. The Labute approximate surface area is 166 Å². The van der Waals surface area contributed by atoms with Crippen LogP contribution >= 0.6 is 23.2 Å². The summed E-state index contributed by atoms with van der Waals surface area (Å²) >= 11 is 12.1. The molecule has 4 rings (SSSR count). The zero-order valence-electron chi connectivity index (χ0n) is 14.2. The number of fused-ring (bicyclic) bond motifs is 1. The predicted molar refractivity (Wildman–Crippen MR) is 110 cm³/mol. The fourth-order valence-electron chi connectivity index (χ4n) is 2.95. The van der Waals surface area contributed by atoms with E-state index in [2.05, 4.69) is 10.2 Å². The lowest BCUT2D eigenvalue weighted by molar-refractivity contribution is 0.429. The molecule has 3 aromatic carbocycles. The van der Waals surface area contributed by atoms with E-state index >= 15 is 0 Å². The van der Waals surface area contributed by atoms with Gasteiger partial charge in [-0.3, -0.25) is 0 Å². The molecule has 0 aliphatic heterocycles. The first-order valence-electron chi connectivity index (χ1n) is 8.34. The maximum atomic E-state index is 10.8. The van der Waals surface area contributed by atoms with E-state index in [1.54, 1.807) is 16.7 Å². The summed E-state index contributed by atoms with van der Waals surface area (Å²) in [6.45, 7) is 0.435. The van der Waals surface area contributed by atoms with Gasteiger partial charge in [0.2, 0.25) is 5.88 Å². The second-order valence-electron chi connectivity index (χ2n) is 6.06. The van der Waals surface area contributed by atoms with Gasteiger partial charge in [0, 0.05) is 5.39 Å². The van der Waals surface area contributed by atoms with Crippen molar-refractivity contribution >= 4 is 45.5 Å². The standard InChI is InChI=1S/C21H15Cl2N3O/c22-17-11-10-14(12-18(17)23)13-26-19-9-5-4-8-16(19)20(21(26)27)25-24-15-6-2-1-3-7-15/h1-12,27H,13H2. The summed E-state index contributed by atoms with van der Waals surface area (Å²) in [6.07, 6.45) is 0. The lowest BCUT2D eigenvalue weighted by Crippen LogP contribution is -1.98. The van der Waals surface area contributed by atoms with Crippen molar-refractivity contribution in [2.24, 2.45) is 10.2 Å². The molecule has 27 heavy (non-hydrogen) atoms. The predicted octanol–water partition coefficient (Wildman–Crippen LogP) is 7.12. The van der Waals surface area contributed by atoms with Gasteiger partial charge in [0.15, 0.2) is 5.69 Å². The van der Waals surface area contributed by atoms with Crippen LogP contribution in [0.3, 0.4) is 0 Å². The zero-order chi connectivity index (χ0) is 18.8. The number of nitrogens with zero attached hydrogens (tertiary/aromatic N) is 3. The number of aromatic nitrogens is 1. The van der Waals surface area contributed by atoms with Crippen LogP contribution in [0, 0.1) is 0 Å². The molecule has 0 aliphatic rings. The maximum Gasteiger partial charge on any atom is 0.221 e. The number of hydrogen-bond acceptors (Lipinski definition) is 3. The monoisotopic (exact) mass is 395 g/mol. The number of aromatic hydroxyl groups is 1. The van der Waals surface area contributed by atoms with Crippen LogP contribution in [0.25, 0.3) is 10.9 Å². The fourth-order valence-corrected chi connectivity index (χ4v) is 3.27. The second-order valence-corrected chi connectivity index (χ2v) is 6.87. The van der Waals surface area contributed by atoms with Gasteiger partial charge in [-0.25, -0.2) is 0 Å². The van der Waals surface area contributed by atoms with Gasteiger partial charge in [-0.15, -0.1) is 5.11 Å². The Bertz CT molecular complexity index is 1140. The van der Waals surface area contributed by atoms with E-state index in [1.165, 1.54) is 0 Å². The number of azo groups is 1. The Morgan fingerprint density at radius 1 is 0.815 bits per heavy atom. The first-order chi connectivity index (χ1) is 13.1. The molecule has 1 N–H and O–H groups in total. The van der Waals surface area contributed by atoms with E-state index in [0.717, 1.165) is 22.2 Å². The fraction of sp³-hybridized carbons (Fsp3) is 0.0476. The Morgan fingerprint density at radius 3 is 2.33 bits per heavy atom. The van der Waals surface area contributed by atoms with Gasteiger partial charge in [0.25, 0.3) is 0 Å². The van der Waals surface area contributed by atoms with Crippen molar-refractivity contribution < 1.29 is 5.11 Å². The summed E-state index contributed by atoms with van der Waals surface area (Å²) < 4.78 is 1.79. The highest BCUT2D eigenvalue weighted by atomic mass is 35.5. The molecule has 0 saturated carbocycles. The average molecular weight is 396 g/mol. The molecule has 0 atom stereocenters. The highest BCUT2D eigenvalue weighted by Crippen LogP contribution is 2.40. The number of para-hydroxylation sites is 1. The molecule has 0 spiro atoms. The molecule has 0 aliphatic carbocycles. The summed E-state index contributed by atoms with van der Waals surface area (Å²) in [7, 11) is 0. The third-order valence-corrected chi connectivity index (χ3v) is 5.00. The molecule has 4 aromatic rings. The number of rotatable bonds is 4. The summed E-state index contributed by atoms with van der Waals surface area (Å²) in [5, 5.41) is 21.2. The lowest BCUT2D eigenvalue weighted by atomic mass is 10.2. The first-order valence-corrected chi connectivity index (χ1v) is 9.10. The van der Waals surface area contributed by atoms with E-state index < -0.39 is 0 Å². The summed E-state index contributed by atoms with van der Waals surface area (Å²) in [4.78, 5) is 0. The van der Waals surface area contributed by atoms with Crippen molar-refractivity contribution in [1.82, 2.24) is 4.57 Å². The Kier molecular flexibility index (Phi) is 4.84. The normalized spacial score (nSPS) is 11.5. The molecule has 0 saturated heterocycles. The smallest absolute Gasteiger partial charge is 0.221 e. The van der Waals surface area contributed by atoms with Gasteiger partial charge in [0.05, 0.1) is 27.8 Å². The Morgan fingerprint density at radius 2 is 1.56 bits per heavy atom. The van der Waals surface area contributed by atoms with Crippen molar-refractivity contribution in [3.05, 3.63) is 88.4 Å². The molecule has 0 radical (unpaired) electrons. The minimum absolute atomic E-state index is 0.0574. The number of halogens is 2. The minimum atomic E-state index is 0.0574. The van der Waals surface area contributed by atoms with Gasteiger partial charge in [0.1, 0.15) is 0 Å². The lowest BCUT2D eigenvalue weighted by Gasteiger charge is -2.08. The van der Waals surface area contributed by atoms with E-state index in [-0.39, 0.29) is 5.88 Å². The van der Waals surface area contributed by atoms with Gasteiger partial charge >= 0.3 is 0 Å². The van der Waals surface area contributed by atoms with E-state index in [4.69, 9.17) is 23.2 Å². The van der Waals surface area contributed by atoms with E-state index in [1.807, 2.05) is 60.7 Å². The first kappa shape index (κ1) is 17.6. The van der Waals surface area contributed by atoms with Crippen molar-refractivity contribution in [1.29, 1.82) is 0 Å². The van der Waals surface area contributed by atoms with Crippen molar-refractivity contribution in [3.8, 4) is 5.88 Å². The Balaban J connectivity index is 1.78. The topological polar surface area (TPSA) is 49.9 Å². The van der Waals surface area contributed by atoms with E-state index in [0.29, 0.717) is 22.3 Å². The molecule has 0 bridgehead atoms. The quantitative estimate of drug-likeness (QED) is 0.367. The van der Waals surface area contributed by atoms with Crippen LogP contribution in [-0.4, -0.2) is 9.67 Å². The van der Waals surface area contributed by atoms with Gasteiger partial charge in [-0.1, -0.05) is 65.7 Å². The van der Waals surface area contributed by atoms with Crippen LogP contribution in [0.15, 0.2) is 83.0 Å². The summed E-state index contributed by atoms with van der Waals surface area (Å²) in [5.74, 6) is 0.0574. The number of hydrogen-bond donors (Lipinski definition) is 1.